The highest BCUT2D eigenvalue weighted by atomic mass is 35.5. The van der Waals surface area contributed by atoms with Gasteiger partial charge in [0, 0.05) is 31.2 Å². The largest absolute Gasteiger partial charge is 0.573 e. The van der Waals surface area contributed by atoms with Crippen LogP contribution in [0, 0.1) is 11.2 Å². The number of aromatic nitrogens is 2. The molecule has 6 nitrogen and oxygen atoms in total. The van der Waals surface area contributed by atoms with Crippen molar-refractivity contribution in [3.05, 3.63) is 94.1 Å². The van der Waals surface area contributed by atoms with Gasteiger partial charge in [-0.15, -0.1) is 13.2 Å². The maximum absolute atomic E-state index is 15.1. The van der Waals surface area contributed by atoms with Crippen molar-refractivity contribution in [3.8, 4) is 5.75 Å². The highest BCUT2D eigenvalue weighted by molar-refractivity contribution is 6.30. The zero-order chi connectivity index (χ0) is 28.9. The number of pyridine rings is 1. The van der Waals surface area contributed by atoms with E-state index in [1.807, 2.05) is 17.9 Å². The van der Waals surface area contributed by atoms with Crippen LogP contribution in [0.5, 0.6) is 5.75 Å². The Hall–Kier alpha value is -3.79. The smallest absolute Gasteiger partial charge is 0.406 e. The molecule has 3 heterocycles. The number of anilines is 1. The van der Waals surface area contributed by atoms with E-state index in [0.29, 0.717) is 39.7 Å². The lowest BCUT2D eigenvalue weighted by Gasteiger charge is -2.60. The molecule has 2 aromatic heterocycles. The molecule has 2 aromatic carbocycles. The Bertz CT molecular complexity index is 1610. The number of ether oxygens (including phenoxy) is 1. The number of amides is 1. The van der Waals surface area contributed by atoms with Crippen molar-refractivity contribution in [2.24, 2.45) is 5.41 Å². The molecule has 1 saturated heterocycles. The van der Waals surface area contributed by atoms with Crippen LogP contribution in [0.1, 0.15) is 53.0 Å². The summed E-state index contributed by atoms with van der Waals surface area (Å²) in [6.45, 7) is 3.53. The van der Waals surface area contributed by atoms with Crippen molar-refractivity contribution in [1.82, 2.24) is 14.7 Å². The third-order valence-electron chi connectivity index (χ3n) is 8.01. The highest BCUT2D eigenvalue weighted by Gasteiger charge is 2.53. The zero-order valence-corrected chi connectivity index (χ0v) is 22.9. The molecule has 2 fully saturated rings. The predicted molar refractivity (Wildman–Crippen MR) is 147 cm³/mol. The van der Waals surface area contributed by atoms with Crippen LogP contribution in [-0.2, 0) is 13.0 Å². The Balaban J connectivity index is 1.04. The van der Waals surface area contributed by atoms with Crippen LogP contribution in [0.2, 0.25) is 5.02 Å². The van der Waals surface area contributed by atoms with Gasteiger partial charge in [0.15, 0.2) is 0 Å². The molecule has 1 N–H and O–H groups in total. The fourth-order valence-corrected chi connectivity index (χ4v) is 6.25. The Morgan fingerprint density at radius 3 is 2.51 bits per heavy atom. The van der Waals surface area contributed by atoms with Crippen LogP contribution < -0.4 is 15.0 Å². The van der Waals surface area contributed by atoms with Gasteiger partial charge in [0.1, 0.15) is 22.9 Å². The Morgan fingerprint density at radius 1 is 1.12 bits per heavy atom. The molecule has 1 saturated carbocycles. The molecule has 6 rings (SSSR count). The third-order valence-corrected chi connectivity index (χ3v) is 8.23. The number of nitrogens with one attached hydrogen (secondary N) is 1. The molecule has 11 heteroatoms. The maximum atomic E-state index is 15.1. The van der Waals surface area contributed by atoms with E-state index in [4.69, 9.17) is 11.6 Å². The summed E-state index contributed by atoms with van der Waals surface area (Å²) in [6.07, 6.45) is -0.666. The van der Waals surface area contributed by atoms with Gasteiger partial charge in [-0.1, -0.05) is 36.7 Å². The van der Waals surface area contributed by atoms with Gasteiger partial charge in [0.05, 0.1) is 16.4 Å². The fourth-order valence-electron chi connectivity index (χ4n) is 6.09. The van der Waals surface area contributed by atoms with Crippen molar-refractivity contribution >= 4 is 28.8 Å². The number of alkyl halides is 3. The SMILES string of the molecule is CCc1nc2ccc(Cl)cn2c1C(=O)NCc1ccc(N2CC3(CC(c4ccc(OC(F)(F)F)cc4)C3)C2)c(F)c1. The van der Waals surface area contributed by atoms with Gasteiger partial charge in [-0.05, 0) is 72.7 Å². The summed E-state index contributed by atoms with van der Waals surface area (Å²) in [4.78, 5) is 19.6. The molecular formula is C30H27ClF4N4O2. The number of hydrogen-bond donors (Lipinski definition) is 1. The first kappa shape index (κ1) is 27.4. The van der Waals surface area contributed by atoms with Crippen molar-refractivity contribution in [3.63, 3.8) is 0 Å². The van der Waals surface area contributed by atoms with Crippen molar-refractivity contribution in [2.75, 3.05) is 18.0 Å². The first-order valence-corrected chi connectivity index (χ1v) is 13.7. The van der Waals surface area contributed by atoms with Gasteiger partial charge in [-0.25, -0.2) is 9.37 Å². The summed E-state index contributed by atoms with van der Waals surface area (Å²) in [6, 6.07) is 14.5. The standard InChI is InChI=1S/C30H27ClF4N4O2/c1-2-24-27(39-15-21(31)6-10-26(39)37-24)28(40)36-14-18-3-9-25(23(32)11-18)38-16-29(17-38)12-20(13-29)19-4-7-22(8-5-19)41-30(33,34)35/h3-11,15,20H,2,12-14,16-17H2,1H3,(H,36,40). The number of carbonyl (C=O) groups is 1. The monoisotopic (exact) mass is 586 g/mol. The number of fused-ring (bicyclic) bond motifs is 1. The second kappa shape index (κ2) is 10.2. The molecular weight excluding hydrogens is 560 g/mol. The van der Waals surface area contributed by atoms with E-state index >= 15 is 4.39 Å². The number of nitrogens with zero attached hydrogens (tertiary/aromatic N) is 3. The van der Waals surface area contributed by atoms with E-state index in [2.05, 4.69) is 15.0 Å². The van der Waals surface area contributed by atoms with Crippen molar-refractivity contribution < 1.29 is 27.1 Å². The van der Waals surface area contributed by atoms with Crippen LogP contribution in [0.4, 0.5) is 23.2 Å². The Labute approximate surface area is 238 Å². The van der Waals surface area contributed by atoms with E-state index in [9.17, 15) is 18.0 Å². The van der Waals surface area contributed by atoms with E-state index in [0.717, 1.165) is 31.5 Å². The van der Waals surface area contributed by atoms with Crippen LogP contribution >= 0.6 is 11.6 Å². The minimum Gasteiger partial charge on any atom is -0.406 e. The van der Waals surface area contributed by atoms with Gasteiger partial charge >= 0.3 is 6.36 Å². The first-order valence-electron chi connectivity index (χ1n) is 13.4. The minimum absolute atomic E-state index is 0.0960. The second-order valence-corrected chi connectivity index (χ2v) is 11.3. The molecule has 0 radical (unpaired) electrons. The van der Waals surface area contributed by atoms with Gasteiger partial charge < -0.3 is 15.0 Å². The summed E-state index contributed by atoms with van der Waals surface area (Å²) in [5.74, 6) is -0.619. The highest BCUT2D eigenvalue weighted by Crippen LogP contribution is 2.57. The fraction of sp³-hybridized carbons (Fsp3) is 0.333. The van der Waals surface area contributed by atoms with E-state index in [-0.39, 0.29) is 35.4 Å². The molecule has 1 amide bonds. The van der Waals surface area contributed by atoms with E-state index in [1.165, 1.54) is 18.2 Å². The number of hydrogen-bond acceptors (Lipinski definition) is 4. The second-order valence-electron chi connectivity index (χ2n) is 10.9. The summed E-state index contributed by atoms with van der Waals surface area (Å²) < 4.78 is 57.9. The number of aryl methyl sites for hydroxylation is 1. The van der Waals surface area contributed by atoms with Crippen LogP contribution in [0.15, 0.2) is 60.8 Å². The zero-order valence-electron chi connectivity index (χ0n) is 22.1. The Morgan fingerprint density at radius 2 is 1.85 bits per heavy atom. The molecule has 1 aliphatic heterocycles. The maximum Gasteiger partial charge on any atom is 0.573 e. The summed E-state index contributed by atoms with van der Waals surface area (Å²) in [5, 5.41) is 3.36. The molecule has 0 bridgehead atoms. The topological polar surface area (TPSA) is 58.9 Å². The normalized spacial score (nSPS) is 16.5. The average Bonchev–Trinajstić information content (AvgIpc) is 3.24. The first-order chi connectivity index (χ1) is 19.5. The molecule has 2 aliphatic rings. The molecule has 1 aliphatic carbocycles. The lowest BCUT2D eigenvalue weighted by Crippen LogP contribution is -2.62. The quantitative estimate of drug-likeness (QED) is 0.239. The predicted octanol–water partition coefficient (Wildman–Crippen LogP) is 6.90. The van der Waals surface area contributed by atoms with Crippen LogP contribution in [0.3, 0.4) is 0 Å². The van der Waals surface area contributed by atoms with Gasteiger partial charge in [-0.2, -0.15) is 0 Å². The lowest BCUT2D eigenvalue weighted by molar-refractivity contribution is -0.274. The number of rotatable bonds is 7. The number of imidazole rings is 1. The van der Waals surface area contributed by atoms with Crippen molar-refractivity contribution in [1.29, 1.82) is 0 Å². The van der Waals surface area contributed by atoms with Crippen LogP contribution in [0.25, 0.3) is 5.65 Å². The average molecular weight is 587 g/mol. The molecule has 1 spiro atoms. The van der Waals surface area contributed by atoms with E-state index in [1.54, 1.807) is 40.9 Å². The number of benzene rings is 2. The minimum atomic E-state index is -4.71. The van der Waals surface area contributed by atoms with Gasteiger partial charge in [0.2, 0.25) is 0 Å². The van der Waals surface area contributed by atoms with Crippen LogP contribution in [-0.4, -0.2) is 34.7 Å². The van der Waals surface area contributed by atoms with E-state index < -0.39 is 6.36 Å². The van der Waals surface area contributed by atoms with Gasteiger partial charge in [-0.3, -0.25) is 9.20 Å². The molecule has 214 valence electrons. The molecule has 41 heavy (non-hydrogen) atoms. The van der Waals surface area contributed by atoms with Crippen molar-refractivity contribution in [2.45, 2.75) is 45.0 Å². The number of halogens is 5. The summed E-state index contributed by atoms with van der Waals surface area (Å²) >= 11 is 6.12. The lowest BCUT2D eigenvalue weighted by atomic mass is 9.56. The molecule has 4 aromatic rings. The summed E-state index contributed by atoms with van der Waals surface area (Å²) in [7, 11) is 0. The molecule has 0 unspecified atom stereocenters. The Kier molecular flexibility index (Phi) is 6.84. The molecule has 0 atom stereocenters. The van der Waals surface area contributed by atoms with Gasteiger partial charge in [0.25, 0.3) is 5.91 Å². The summed E-state index contributed by atoms with van der Waals surface area (Å²) in [5.41, 5.74) is 3.94. The number of carbonyl (C=O) groups excluding carboxylic acids is 1. The third kappa shape index (κ3) is 5.45.